The van der Waals surface area contributed by atoms with Crippen molar-refractivity contribution in [3.05, 3.63) is 29.8 Å². The van der Waals surface area contributed by atoms with Gasteiger partial charge in [-0.3, -0.25) is 0 Å². The van der Waals surface area contributed by atoms with Crippen molar-refractivity contribution in [1.29, 1.82) is 0 Å². The lowest BCUT2D eigenvalue weighted by molar-refractivity contribution is 0.122. The van der Waals surface area contributed by atoms with Crippen LogP contribution >= 0.6 is 0 Å². The molecule has 0 heterocycles. The second-order valence-corrected chi connectivity index (χ2v) is 5.54. The van der Waals surface area contributed by atoms with Crippen LogP contribution in [0, 0.1) is 5.92 Å². The molecule has 1 aromatic rings. The van der Waals surface area contributed by atoms with E-state index in [-0.39, 0.29) is 0 Å². The fraction of sp³-hybridized carbons (Fsp3) is 0.647. The highest BCUT2D eigenvalue weighted by molar-refractivity contribution is 5.28. The average Bonchev–Trinajstić information content (AvgIpc) is 3.29. The Morgan fingerprint density at radius 1 is 1.25 bits per heavy atom. The van der Waals surface area contributed by atoms with Crippen LogP contribution in [-0.4, -0.2) is 26.4 Å². The molecule has 20 heavy (non-hydrogen) atoms. The van der Waals surface area contributed by atoms with Crippen LogP contribution in [0.15, 0.2) is 24.3 Å². The molecule has 1 saturated carbocycles. The van der Waals surface area contributed by atoms with Gasteiger partial charge in [-0.05, 0) is 55.8 Å². The summed E-state index contributed by atoms with van der Waals surface area (Å²) in [7, 11) is 0. The molecular weight excluding hydrogens is 250 g/mol. The first-order chi connectivity index (χ1) is 9.88. The molecule has 112 valence electrons. The summed E-state index contributed by atoms with van der Waals surface area (Å²) < 4.78 is 11.2. The molecule has 1 aromatic carbocycles. The molecule has 1 aliphatic carbocycles. The second kappa shape index (κ2) is 8.98. The molecule has 2 rings (SSSR count). The first kappa shape index (κ1) is 15.3. The molecule has 3 nitrogen and oxygen atoms in total. The monoisotopic (exact) mass is 277 g/mol. The summed E-state index contributed by atoms with van der Waals surface area (Å²) in [5.41, 5.74) is 1.28. The zero-order chi connectivity index (χ0) is 14.0. The van der Waals surface area contributed by atoms with Gasteiger partial charge in [0.05, 0.1) is 6.61 Å². The Labute approximate surface area is 122 Å². The Balaban J connectivity index is 1.53. The standard InChI is InChI=1S/C17H27NO2/c1-2-10-20-17-6-3-5-16(12-17)13-18-9-4-11-19-14-15-7-8-15/h3,5-6,12,15,18H,2,4,7-11,13-14H2,1H3. The zero-order valence-electron chi connectivity index (χ0n) is 12.6. The van der Waals surface area contributed by atoms with Gasteiger partial charge in [-0.15, -0.1) is 0 Å². The van der Waals surface area contributed by atoms with Crippen LogP contribution < -0.4 is 10.1 Å². The molecule has 0 saturated heterocycles. The van der Waals surface area contributed by atoms with Crippen LogP contribution in [-0.2, 0) is 11.3 Å². The van der Waals surface area contributed by atoms with Gasteiger partial charge in [-0.2, -0.15) is 0 Å². The summed E-state index contributed by atoms with van der Waals surface area (Å²) in [4.78, 5) is 0. The highest BCUT2D eigenvalue weighted by atomic mass is 16.5. The van der Waals surface area contributed by atoms with Crippen molar-refractivity contribution in [1.82, 2.24) is 5.32 Å². The van der Waals surface area contributed by atoms with Gasteiger partial charge < -0.3 is 14.8 Å². The van der Waals surface area contributed by atoms with Crippen molar-refractivity contribution in [2.45, 2.75) is 39.2 Å². The molecule has 1 aliphatic rings. The van der Waals surface area contributed by atoms with Crippen molar-refractivity contribution in [3.8, 4) is 5.75 Å². The lowest BCUT2D eigenvalue weighted by Crippen LogP contribution is -2.16. The highest BCUT2D eigenvalue weighted by Gasteiger charge is 2.20. The van der Waals surface area contributed by atoms with Crippen LogP contribution in [0.2, 0.25) is 0 Å². The molecule has 1 fully saturated rings. The number of nitrogens with one attached hydrogen (secondary N) is 1. The van der Waals surface area contributed by atoms with Crippen molar-refractivity contribution < 1.29 is 9.47 Å². The normalized spacial score (nSPS) is 14.4. The van der Waals surface area contributed by atoms with Crippen molar-refractivity contribution >= 4 is 0 Å². The topological polar surface area (TPSA) is 30.5 Å². The molecule has 0 atom stereocenters. The molecule has 0 unspecified atom stereocenters. The van der Waals surface area contributed by atoms with E-state index < -0.39 is 0 Å². The molecular formula is C17H27NO2. The molecule has 0 amide bonds. The highest BCUT2D eigenvalue weighted by Crippen LogP contribution is 2.28. The molecule has 0 radical (unpaired) electrons. The first-order valence-corrected chi connectivity index (χ1v) is 7.88. The molecule has 1 N–H and O–H groups in total. The van der Waals surface area contributed by atoms with Gasteiger partial charge in [0.25, 0.3) is 0 Å². The predicted octanol–water partition coefficient (Wildman–Crippen LogP) is 3.38. The van der Waals surface area contributed by atoms with Crippen LogP contribution in [0.1, 0.15) is 38.2 Å². The van der Waals surface area contributed by atoms with E-state index in [1.165, 1.54) is 18.4 Å². The Kier molecular flexibility index (Phi) is 6.89. The second-order valence-electron chi connectivity index (χ2n) is 5.54. The Bertz CT molecular complexity index is 377. The molecule has 3 heteroatoms. The maximum atomic E-state index is 5.64. The summed E-state index contributed by atoms with van der Waals surface area (Å²) in [6.45, 7) is 6.66. The van der Waals surface area contributed by atoms with E-state index in [9.17, 15) is 0 Å². The number of ether oxygens (including phenoxy) is 2. The van der Waals surface area contributed by atoms with Gasteiger partial charge >= 0.3 is 0 Å². The molecule has 0 aromatic heterocycles. The minimum atomic E-state index is 0.787. The minimum absolute atomic E-state index is 0.787. The third-order valence-corrected chi connectivity index (χ3v) is 3.39. The Hall–Kier alpha value is -1.06. The summed E-state index contributed by atoms with van der Waals surface area (Å²) >= 11 is 0. The van der Waals surface area contributed by atoms with Gasteiger partial charge in [0.1, 0.15) is 5.75 Å². The van der Waals surface area contributed by atoms with E-state index in [4.69, 9.17) is 9.47 Å². The van der Waals surface area contributed by atoms with Crippen molar-refractivity contribution in [3.63, 3.8) is 0 Å². The number of hydrogen-bond acceptors (Lipinski definition) is 3. The first-order valence-electron chi connectivity index (χ1n) is 7.88. The quantitative estimate of drug-likeness (QED) is 0.629. The summed E-state index contributed by atoms with van der Waals surface area (Å²) in [6.07, 6.45) is 4.87. The maximum absolute atomic E-state index is 5.64. The summed E-state index contributed by atoms with van der Waals surface area (Å²) in [5.74, 6) is 1.84. The Morgan fingerprint density at radius 2 is 2.15 bits per heavy atom. The van der Waals surface area contributed by atoms with E-state index in [0.717, 1.165) is 57.4 Å². The third kappa shape index (κ3) is 6.40. The largest absolute Gasteiger partial charge is 0.494 e. The predicted molar refractivity (Wildman–Crippen MR) is 82.1 cm³/mol. The minimum Gasteiger partial charge on any atom is -0.494 e. The van der Waals surface area contributed by atoms with E-state index >= 15 is 0 Å². The fourth-order valence-electron chi connectivity index (χ4n) is 2.03. The number of benzene rings is 1. The SMILES string of the molecule is CCCOc1cccc(CNCCCOCC2CC2)c1. The molecule has 0 aliphatic heterocycles. The van der Waals surface area contributed by atoms with E-state index in [0.29, 0.717) is 0 Å². The molecule has 0 bridgehead atoms. The zero-order valence-corrected chi connectivity index (χ0v) is 12.6. The van der Waals surface area contributed by atoms with Gasteiger partial charge in [0, 0.05) is 19.8 Å². The van der Waals surface area contributed by atoms with Gasteiger partial charge in [-0.1, -0.05) is 19.1 Å². The number of rotatable bonds is 11. The molecule has 0 spiro atoms. The Morgan fingerprint density at radius 3 is 2.95 bits per heavy atom. The van der Waals surface area contributed by atoms with Crippen LogP contribution in [0.4, 0.5) is 0 Å². The van der Waals surface area contributed by atoms with E-state index in [2.05, 4.69) is 30.4 Å². The van der Waals surface area contributed by atoms with Crippen LogP contribution in [0.5, 0.6) is 5.75 Å². The summed E-state index contributed by atoms with van der Waals surface area (Å²) in [6, 6.07) is 8.33. The van der Waals surface area contributed by atoms with Gasteiger partial charge in [-0.25, -0.2) is 0 Å². The lowest BCUT2D eigenvalue weighted by atomic mass is 10.2. The van der Waals surface area contributed by atoms with Crippen LogP contribution in [0.25, 0.3) is 0 Å². The fourth-order valence-corrected chi connectivity index (χ4v) is 2.03. The lowest BCUT2D eigenvalue weighted by Gasteiger charge is -2.08. The van der Waals surface area contributed by atoms with E-state index in [1.807, 2.05) is 6.07 Å². The number of hydrogen-bond donors (Lipinski definition) is 1. The van der Waals surface area contributed by atoms with Gasteiger partial charge in [0.2, 0.25) is 0 Å². The maximum Gasteiger partial charge on any atom is 0.119 e. The van der Waals surface area contributed by atoms with Crippen LogP contribution in [0.3, 0.4) is 0 Å². The van der Waals surface area contributed by atoms with Gasteiger partial charge in [0.15, 0.2) is 0 Å². The smallest absolute Gasteiger partial charge is 0.119 e. The summed E-state index contributed by atoms with van der Waals surface area (Å²) in [5, 5.41) is 3.45. The van der Waals surface area contributed by atoms with Crippen molar-refractivity contribution in [2.75, 3.05) is 26.4 Å². The average molecular weight is 277 g/mol. The third-order valence-electron chi connectivity index (χ3n) is 3.39. The van der Waals surface area contributed by atoms with Crippen molar-refractivity contribution in [2.24, 2.45) is 5.92 Å². The van der Waals surface area contributed by atoms with E-state index in [1.54, 1.807) is 0 Å².